The Labute approximate surface area is 143 Å². The molecule has 1 aliphatic rings. The third-order valence-electron chi connectivity index (χ3n) is 4.51. The van der Waals surface area contributed by atoms with Gasteiger partial charge in [0.15, 0.2) is 0 Å². The van der Waals surface area contributed by atoms with E-state index < -0.39 is 0 Å². The van der Waals surface area contributed by atoms with Gasteiger partial charge in [0, 0.05) is 43.4 Å². The number of aryl methyl sites for hydroxylation is 1. The topological polar surface area (TPSA) is 45.5 Å². The molecule has 4 nitrogen and oxygen atoms in total. The molecule has 5 heteroatoms. The normalized spacial score (nSPS) is 17.2. The molecule has 23 heavy (non-hydrogen) atoms. The number of rotatable bonds is 5. The summed E-state index contributed by atoms with van der Waals surface area (Å²) in [5, 5.41) is 4.51. The van der Waals surface area contributed by atoms with E-state index >= 15 is 0 Å². The maximum Gasteiger partial charge on any atom is 0.224 e. The number of carbonyl (C=O) groups excluding carboxylic acids is 1. The molecule has 0 spiro atoms. The summed E-state index contributed by atoms with van der Waals surface area (Å²) in [6.07, 6.45) is 3.71. The van der Waals surface area contributed by atoms with Crippen LogP contribution in [0.2, 0.25) is 0 Å². The van der Waals surface area contributed by atoms with Gasteiger partial charge >= 0.3 is 0 Å². The molecular formula is C18H25ClN2O2. The first-order valence-corrected chi connectivity index (χ1v) is 8.15. The predicted octanol–water partition coefficient (Wildman–Crippen LogP) is 3.52. The summed E-state index contributed by atoms with van der Waals surface area (Å²) in [5.74, 6) is 1.19. The fraction of sp³-hybridized carbons (Fsp3) is 0.500. The first-order chi connectivity index (χ1) is 10.7. The van der Waals surface area contributed by atoms with Gasteiger partial charge in [0.25, 0.3) is 0 Å². The summed E-state index contributed by atoms with van der Waals surface area (Å²) in [6, 6.07) is 8.41. The van der Waals surface area contributed by atoms with E-state index in [1.54, 1.807) is 0 Å². The van der Waals surface area contributed by atoms with Crippen LogP contribution in [0.25, 0.3) is 11.0 Å². The van der Waals surface area contributed by atoms with Gasteiger partial charge in [0.2, 0.25) is 5.91 Å². The van der Waals surface area contributed by atoms with E-state index in [0.717, 1.165) is 41.7 Å². The van der Waals surface area contributed by atoms with E-state index in [4.69, 9.17) is 4.42 Å². The second-order valence-corrected chi connectivity index (χ2v) is 6.10. The molecule has 1 aromatic heterocycles. The minimum atomic E-state index is 0. The number of halogens is 1. The maximum absolute atomic E-state index is 12.4. The highest BCUT2D eigenvalue weighted by Crippen LogP contribution is 2.27. The molecule has 1 amide bonds. The minimum Gasteiger partial charge on any atom is -0.461 e. The number of nitrogens with one attached hydrogen (secondary N) is 1. The van der Waals surface area contributed by atoms with E-state index in [0.29, 0.717) is 19.0 Å². The van der Waals surface area contributed by atoms with Crippen LogP contribution in [-0.4, -0.2) is 30.4 Å². The average molecular weight is 337 g/mol. The molecule has 0 radical (unpaired) electrons. The fourth-order valence-corrected chi connectivity index (χ4v) is 3.23. The lowest BCUT2D eigenvalue weighted by atomic mass is 10.1. The second kappa shape index (κ2) is 7.84. The van der Waals surface area contributed by atoms with Crippen LogP contribution in [0.1, 0.15) is 37.5 Å². The molecule has 1 fully saturated rings. The predicted molar refractivity (Wildman–Crippen MR) is 95.0 cm³/mol. The monoisotopic (exact) mass is 336 g/mol. The lowest BCUT2D eigenvalue weighted by molar-refractivity contribution is -0.130. The Hall–Kier alpha value is -1.52. The molecule has 1 unspecified atom stereocenters. The number of carbonyl (C=O) groups is 1. The molecular weight excluding hydrogens is 312 g/mol. The van der Waals surface area contributed by atoms with Gasteiger partial charge < -0.3 is 14.6 Å². The molecule has 2 aromatic rings. The van der Waals surface area contributed by atoms with E-state index in [1.807, 2.05) is 30.1 Å². The molecule has 1 N–H and O–H groups in total. The van der Waals surface area contributed by atoms with Gasteiger partial charge in [-0.3, -0.25) is 4.79 Å². The molecule has 3 rings (SSSR count). The van der Waals surface area contributed by atoms with Crippen molar-refractivity contribution in [1.29, 1.82) is 0 Å². The molecule has 1 aliphatic heterocycles. The number of furan rings is 1. The van der Waals surface area contributed by atoms with Crippen molar-refractivity contribution in [3.63, 3.8) is 0 Å². The van der Waals surface area contributed by atoms with Gasteiger partial charge in [-0.05, 0) is 25.5 Å². The van der Waals surface area contributed by atoms with Gasteiger partial charge in [-0.25, -0.2) is 0 Å². The number of nitrogens with zero attached hydrogens (tertiary/aromatic N) is 1. The first kappa shape index (κ1) is 17.8. The van der Waals surface area contributed by atoms with Gasteiger partial charge in [-0.1, -0.05) is 25.1 Å². The van der Waals surface area contributed by atoms with E-state index in [2.05, 4.69) is 18.3 Å². The summed E-state index contributed by atoms with van der Waals surface area (Å²) in [7, 11) is 1.89. The van der Waals surface area contributed by atoms with E-state index in [-0.39, 0.29) is 18.3 Å². The number of hydrogen-bond donors (Lipinski definition) is 1. The fourth-order valence-electron chi connectivity index (χ4n) is 3.23. The summed E-state index contributed by atoms with van der Waals surface area (Å²) in [4.78, 5) is 14.2. The van der Waals surface area contributed by atoms with Crippen LogP contribution < -0.4 is 5.32 Å². The highest BCUT2D eigenvalue weighted by molar-refractivity contribution is 5.85. The number of fused-ring (bicyclic) bond motifs is 1. The van der Waals surface area contributed by atoms with Gasteiger partial charge in [0.05, 0.1) is 0 Å². The molecule has 126 valence electrons. The maximum atomic E-state index is 12.4. The number of amides is 1. The molecule has 0 bridgehead atoms. The highest BCUT2D eigenvalue weighted by atomic mass is 35.5. The summed E-state index contributed by atoms with van der Waals surface area (Å²) in [6.45, 7) is 3.74. The Kier molecular flexibility index (Phi) is 6.08. The van der Waals surface area contributed by atoms with Crippen LogP contribution in [0.15, 0.2) is 28.7 Å². The van der Waals surface area contributed by atoms with Crippen LogP contribution >= 0.6 is 12.4 Å². The molecule has 1 atom stereocenters. The Bertz CT molecular complexity index is 662. The van der Waals surface area contributed by atoms with E-state index in [9.17, 15) is 4.79 Å². The first-order valence-electron chi connectivity index (χ1n) is 8.15. The van der Waals surface area contributed by atoms with Gasteiger partial charge in [-0.2, -0.15) is 0 Å². The van der Waals surface area contributed by atoms with Crippen molar-refractivity contribution in [2.24, 2.45) is 0 Å². The van der Waals surface area contributed by atoms with Crippen LogP contribution in [0.5, 0.6) is 0 Å². The highest BCUT2D eigenvalue weighted by Gasteiger charge is 2.21. The SMILES string of the molecule is CCc1oc2ccccc2c1CN(C)C(=O)CC1CCCN1.Cl. The quantitative estimate of drug-likeness (QED) is 0.908. The molecule has 1 aromatic carbocycles. The molecule has 2 heterocycles. The Balaban J connectivity index is 0.00000192. The van der Waals surface area contributed by atoms with Crippen molar-refractivity contribution in [3.8, 4) is 0 Å². The van der Waals surface area contributed by atoms with Crippen molar-refractivity contribution < 1.29 is 9.21 Å². The van der Waals surface area contributed by atoms with Gasteiger partial charge in [0.1, 0.15) is 11.3 Å². The molecule has 1 saturated heterocycles. The van der Waals surface area contributed by atoms with Gasteiger partial charge in [-0.15, -0.1) is 12.4 Å². The third-order valence-corrected chi connectivity index (χ3v) is 4.51. The van der Waals surface area contributed by atoms with Crippen molar-refractivity contribution in [3.05, 3.63) is 35.6 Å². The van der Waals surface area contributed by atoms with E-state index in [1.165, 1.54) is 6.42 Å². The average Bonchev–Trinajstić information content (AvgIpc) is 3.15. The van der Waals surface area contributed by atoms with Crippen LogP contribution in [-0.2, 0) is 17.8 Å². The Morgan fingerprint density at radius 1 is 1.39 bits per heavy atom. The summed E-state index contributed by atoms with van der Waals surface area (Å²) >= 11 is 0. The number of benzene rings is 1. The van der Waals surface area contributed by atoms with Crippen molar-refractivity contribution in [1.82, 2.24) is 10.2 Å². The van der Waals surface area contributed by atoms with Crippen LogP contribution in [0, 0.1) is 0 Å². The van der Waals surface area contributed by atoms with Crippen molar-refractivity contribution >= 4 is 29.3 Å². The lowest BCUT2D eigenvalue weighted by Gasteiger charge is -2.19. The standard InChI is InChI=1S/C18H24N2O2.ClH/c1-3-16-15(14-8-4-5-9-17(14)22-16)12-20(2)18(21)11-13-7-6-10-19-13;/h4-5,8-9,13,19H,3,6-7,10-12H2,1-2H3;1H. The summed E-state index contributed by atoms with van der Waals surface area (Å²) < 4.78 is 5.91. The van der Waals surface area contributed by atoms with Crippen molar-refractivity contribution in [2.75, 3.05) is 13.6 Å². The minimum absolute atomic E-state index is 0. The molecule has 0 aliphatic carbocycles. The lowest BCUT2D eigenvalue weighted by Crippen LogP contribution is -2.33. The zero-order chi connectivity index (χ0) is 15.5. The third kappa shape index (κ3) is 3.88. The largest absolute Gasteiger partial charge is 0.461 e. The molecule has 0 saturated carbocycles. The number of para-hydroxylation sites is 1. The van der Waals surface area contributed by atoms with Crippen molar-refractivity contribution in [2.45, 2.75) is 45.2 Å². The van der Waals surface area contributed by atoms with Crippen LogP contribution in [0.4, 0.5) is 0 Å². The Morgan fingerprint density at radius 2 is 2.17 bits per heavy atom. The Morgan fingerprint density at radius 3 is 2.87 bits per heavy atom. The zero-order valence-corrected chi connectivity index (χ0v) is 14.6. The second-order valence-electron chi connectivity index (χ2n) is 6.10. The zero-order valence-electron chi connectivity index (χ0n) is 13.8. The summed E-state index contributed by atoms with van der Waals surface area (Å²) in [5.41, 5.74) is 2.06. The smallest absolute Gasteiger partial charge is 0.224 e. The van der Waals surface area contributed by atoms with Crippen LogP contribution in [0.3, 0.4) is 0 Å². The number of hydrogen-bond acceptors (Lipinski definition) is 3.